The van der Waals surface area contributed by atoms with Gasteiger partial charge in [-0.05, 0) is 6.42 Å². The molecule has 1 fully saturated rings. The van der Waals surface area contributed by atoms with E-state index in [1.807, 2.05) is 13.2 Å². The molecule has 130 valence electrons. The van der Waals surface area contributed by atoms with Gasteiger partial charge in [0.25, 0.3) is 0 Å². The lowest BCUT2D eigenvalue weighted by Gasteiger charge is -2.32. The molecular formula is C17H26N6O. The van der Waals surface area contributed by atoms with E-state index in [9.17, 15) is 0 Å². The van der Waals surface area contributed by atoms with Gasteiger partial charge in [-0.1, -0.05) is 13.3 Å². The Morgan fingerprint density at radius 3 is 3.04 bits per heavy atom. The average Bonchev–Trinajstić information content (AvgIpc) is 3.07. The van der Waals surface area contributed by atoms with E-state index in [4.69, 9.17) is 4.74 Å². The molecule has 7 heteroatoms. The Morgan fingerprint density at radius 2 is 2.21 bits per heavy atom. The number of rotatable bonds is 7. The number of aromatic nitrogens is 4. The number of ether oxygens (including phenoxy) is 1. The summed E-state index contributed by atoms with van der Waals surface area (Å²) in [7, 11) is 1.86. The highest BCUT2D eigenvalue weighted by atomic mass is 16.5. The second-order valence-corrected chi connectivity index (χ2v) is 6.09. The summed E-state index contributed by atoms with van der Waals surface area (Å²) in [5, 5.41) is 3.09. The smallest absolute Gasteiger partial charge is 0.150 e. The van der Waals surface area contributed by atoms with Crippen molar-refractivity contribution in [1.82, 2.24) is 24.8 Å². The molecule has 0 spiro atoms. The third kappa shape index (κ3) is 4.10. The molecule has 1 atom stereocenters. The van der Waals surface area contributed by atoms with Crippen LogP contribution in [0.4, 0.5) is 5.82 Å². The van der Waals surface area contributed by atoms with Crippen molar-refractivity contribution < 1.29 is 4.74 Å². The Labute approximate surface area is 142 Å². The van der Waals surface area contributed by atoms with Crippen molar-refractivity contribution in [3.05, 3.63) is 35.8 Å². The Morgan fingerprint density at radius 1 is 1.33 bits per heavy atom. The number of anilines is 1. The number of morpholine rings is 1. The summed E-state index contributed by atoms with van der Waals surface area (Å²) in [4.78, 5) is 19.1. The van der Waals surface area contributed by atoms with Crippen LogP contribution in [0.2, 0.25) is 0 Å². The molecule has 7 nitrogen and oxygen atoms in total. The van der Waals surface area contributed by atoms with Crippen LogP contribution < -0.4 is 5.32 Å². The summed E-state index contributed by atoms with van der Waals surface area (Å²) in [6.45, 7) is 5.46. The maximum Gasteiger partial charge on any atom is 0.150 e. The van der Waals surface area contributed by atoms with Gasteiger partial charge in [-0.3, -0.25) is 9.88 Å². The van der Waals surface area contributed by atoms with Gasteiger partial charge in [0, 0.05) is 57.4 Å². The highest BCUT2D eigenvalue weighted by Crippen LogP contribution is 2.25. The van der Waals surface area contributed by atoms with E-state index in [1.54, 1.807) is 12.4 Å². The molecule has 0 radical (unpaired) electrons. The zero-order valence-electron chi connectivity index (χ0n) is 14.5. The third-order valence-electron chi connectivity index (χ3n) is 4.26. The van der Waals surface area contributed by atoms with Crippen LogP contribution in [0.15, 0.2) is 18.6 Å². The van der Waals surface area contributed by atoms with Gasteiger partial charge in [0.15, 0.2) is 0 Å². The van der Waals surface area contributed by atoms with Gasteiger partial charge in [-0.25, -0.2) is 9.97 Å². The first-order valence-corrected chi connectivity index (χ1v) is 8.65. The zero-order chi connectivity index (χ0) is 16.8. The predicted molar refractivity (Wildman–Crippen MR) is 92.7 cm³/mol. The van der Waals surface area contributed by atoms with Crippen molar-refractivity contribution in [2.45, 2.75) is 38.8 Å². The quantitative estimate of drug-likeness (QED) is 0.810. The first-order chi connectivity index (χ1) is 11.8. The molecular weight excluding hydrogens is 304 g/mol. The molecule has 1 saturated heterocycles. The summed E-state index contributed by atoms with van der Waals surface area (Å²) < 4.78 is 5.92. The fourth-order valence-electron chi connectivity index (χ4n) is 2.99. The van der Waals surface area contributed by atoms with E-state index in [0.717, 1.165) is 49.1 Å². The zero-order valence-corrected chi connectivity index (χ0v) is 14.5. The predicted octanol–water partition coefficient (Wildman–Crippen LogP) is 2.16. The summed E-state index contributed by atoms with van der Waals surface area (Å²) in [5.74, 6) is 1.87. The Balaban J connectivity index is 1.62. The van der Waals surface area contributed by atoms with Crippen LogP contribution in [-0.2, 0) is 17.7 Å². The molecule has 0 bridgehead atoms. The van der Waals surface area contributed by atoms with Crippen molar-refractivity contribution >= 4 is 5.82 Å². The highest BCUT2D eigenvalue weighted by Gasteiger charge is 2.25. The highest BCUT2D eigenvalue weighted by molar-refractivity contribution is 5.40. The topological polar surface area (TPSA) is 79.0 Å². The molecule has 0 saturated carbocycles. The van der Waals surface area contributed by atoms with Gasteiger partial charge in [0.2, 0.25) is 0 Å². The van der Waals surface area contributed by atoms with Crippen LogP contribution in [0.1, 0.15) is 43.1 Å². The molecule has 3 heterocycles. The number of nitrogens with zero attached hydrogens (tertiary/aromatic N) is 4. The molecule has 1 aliphatic rings. The number of H-pyrrole nitrogens is 1. The number of unbranched alkanes of at least 4 members (excludes halogenated alkanes) is 1. The number of imidazole rings is 1. The minimum atomic E-state index is -0.0580. The van der Waals surface area contributed by atoms with Crippen LogP contribution >= 0.6 is 0 Å². The summed E-state index contributed by atoms with van der Waals surface area (Å²) in [5.41, 5.74) is 2.03. The van der Waals surface area contributed by atoms with E-state index in [1.165, 1.54) is 12.8 Å². The van der Waals surface area contributed by atoms with E-state index < -0.39 is 0 Å². The normalized spacial score (nSPS) is 18.7. The molecule has 3 rings (SSSR count). The molecule has 1 aliphatic heterocycles. The fourth-order valence-corrected chi connectivity index (χ4v) is 2.99. The standard InChI is InChI=1S/C17H26N6O/c1-3-4-5-15-21-10-13(22-15)11-23-8-9-24-14(12-23)16-17(18-2)20-7-6-19-16/h6-7,10,14H,3-5,8-9,11-12H2,1-2H3,(H,18,20)(H,21,22)/t14-/m0/s1. The Bertz CT molecular complexity index is 644. The molecule has 0 amide bonds. The largest absolute Gasteiger partial charge is 0.372 e. The SMILES string of the molecule is CCCCc1ncc(CN2CCO[C@H](c3nccnc3NC)C2)[nH]1. The molecule has 0 unspecified atom stereocenters. The molecule has 2 aromatic rings. The maximum atomic E-state index is 5.92. The lowest BCUT2D eigenvalue weighted by Crippen LogP contribution is -2.38. The lowest BCUT2D eigenvalue weighted by molar-refractivity contribution is -0.0350. The number of nitrogens with one attached hydrogen (secondary N) is 2. The molecule has 24 heavy (non-hydrogen) atoms. The van der Waals surface area contributed by atoms with E-state index in [-0.39, 0.29) is 6.10 Å². The van der Waals surface area contributed by atoms with Gasteiger partial charge in [0.1, 0.15) is 23.4 Å². The molecule has 2 aromatic heterocycles. The monoisotopic (exact) mass is 330 g/mol. The Kier molecular flexibility index (Phi) is 5.77. The molecule has 0 aliphatic carbocycles. The van der Waals surface area contributed by atoms with Gasteiger partial charge >= 0.3 is 0 Å². The van der Waals surface area contributed by atoms with Gasteiger partial charge < -0.3 is 15.0 Å². The van der Waals surface area contributed by atoms with E-state index in [2.05, 4.69) is 37.1 Å². The second kappa shape index (κ2) is 8.21. The molecule has 2 N–H and O–H groups in total. The minimum Gasteiger partial charge on any atom is -0.372 e. The van der Waals surface area contributed by atoms with Crippen LogP contribution in [0.25, 0.3) is 0 Å². The lowest BCUT2D eigenvalue weighted by atomic mass is 10.2. The molecule has 0 aromatic carbocycles. The minimum absolute atomic E-state index is 0.0580. The van der Waals surface area contributed by atoms with Gasteiger partial charge in [-0.2, -0.15) is 0 Å². The summed E-state index contributed by atoms with van der Waals surface area (Å²) in [6.07, 6.45) is 8.69. The van der Waals surface area contributed by atoms with Crippen molar-refractivity contribution in [1.29, 1.82) is 0 Å². The van der Waals surface area contributed by atoms with Gasteiger partial charge in [0.05, 0.1) is 6.61 Å². The van der Waals surface area contributed by atoms with Crippen molar-refractivity contribution in [2.75, 3.05) is 32.1 Å². The number of aryl methyl sites for hydroxylation is 1. The summed E-state index contributed by atoms with van der Waals surface area (Å²) >= 11 is 0. The van der Waals surface area contributed by atoms with Crippen LogP contribution in [0, 0.1) is 0 Å². The Hall–Kier alpha value is -1.99. The summed E-state index contributed by atoms with van der Waals surface area (Å²) in [6, 6.07) is 0. The van der Waals surface area contributed by atoms with Crippen molar-refractivity contribution in [2.24, 2.45) is 0 Å². The van der Waals surface area contributed by atoms with Crippen LogP contribution in [-0.4, -0.2) is 51.6 Å². The maximum absolute atomic E-state index is 5.92. The number of aromatic amines is 1. The first-order valence-electron chi connectivity index (χ1n) is 8.65. The fraction of sp³-hybridized carbons (Fsp3) is 0.588. The second-order valence-electron chi connectivity index (χ2n) is 6.09. The number of hydrogen-bond acceptors (Lipinski definition) is 6. The van der Waals surface area contributed by atoms with Crippen molar-refractivity contribution in [3.8, 4) is 0 Å². The van der Waals surface area contributed by atoms with E-state index in [0.29, 0.717) is 6.61 Å². The van der Waals surface area contributed by atoms with E-state index >= 15 is 0 Å². The van der Waals surface area contributed by atoms with Crippen LogP contribution in [0.3, 0.4) is 0 Å². The van der Waals surface area contributed by atoms with Gasteiger partial charge in [-0.15, -0.1) is 0 Å². The van der Waals surface area contributed by atoms with Crippen LogP contribution in [0.5, 0.6) is 0 Å². The third-order valence-corrected chi connectivity index (χ3v) is 4.26. The first kappa shape index (κ1) is 16.9. The van der Waals surface area contributed by atoms with Crippen molar-refractivity contribution in [3.63, 3.8) is 0 Å². The number of hydrogen-bond donors (Lipinski definition) is 2. The average molecular weight is 330 g/mol.